The van der Waals surface area contributed by atoms with Gasteiger partial charge in [0.15, 0.2) is 5.13 Å². The topological polar surface area (TPSA) is 37.4 Å². The summed E-state index contributed by atoms with van der Waals surface area (Å²) in [6.45, 7) is 9.49. The first-order valence-corrected chi connectivity index (χ1v) is 7.91. The Morgan fingerprint density at radius 1 is 1.37 bits per heavy atom. The molecule has 5 heteroatoms. The molecule has 1 aromatic heterocycles. The van der Waals surface area contributed by atoms with Gasteiger partial charge in [-0.15, -0.1) is 11.3 Å². The summed E-state index contributed by atoms with van der Waals surface area (Å²) < 4.78 is 5.87. The minimum Gasteiger partial charge on any atom is -0.371 e. The summed E-state index contributed by atoms with van der Waals surface area (Å²) in [5.41, 5.74) is 0.155. The molecular formula is C14H23N3OS. The summed E-state index contributed by atoms with van der Waals surface area (Å²) in [7, 11) is 0. The van der Waals surface area contributed by atoms with Crippen LogP contribution in [0.3, 0.4) is 0 Å². The smallest absolute Gasteiger partial charge is 0.185 e. The van der Waals surface area contributed by atoms with Crippen LogP contribution in [-0.2, 0) is 11.3 Å². The van der Waals surface area contributed by atoms with Crippen LogP contribution in [0.15, 0.2) is 6.20 Å². The van der Waals surface area contributed by atoms with Crippen molar-refractivity contribution >= 4 is 16.5 Å². The molecule has 3 heterocycles. The van der Waals surface area contributed by atoms with Crippen LogP contribution in [0.4, 0.5) is 5.13 Å². The van der Waals surface area contributed by atoms with Gasteiger partial charge >= 0.3 is 0 Å². The molecule has 106 valence electrons. The van der Waals surface area contributed by atoms with Crippen molar-refractivity contribution in [3.8, 4) is 0 Å². The second-order valence-electron chi connectivity index (χ2n) is 6.58. The van der Waals surface area contributed by atoms with E-state index in [1.54, 1.807) is 0 Å². The third-order valence-corrected chi connectivity index (χ3v) is 4.71. The van der Waals surface area contributed by atoms with E-state index < -0.39 is 0 Å². The lowest BCUT2D eigenvalue weighted by molar-refractivity contribution is 0.0305. The number of ether oxygens (including phenoxy) is 1. The molecule has 0 amide bonds. The number of fused-ring (bicyclic) bond motifs is 2. The van der Waals surface area contributed by atoms with Gasteiger partial charge in [-0.2, -0.15) is 0 Å². The quantitative estimate of drug-likeness (QED) is 0.923. The molecule has 19 heavy (non-hydrogen) atoms. The Hall–Kier alpha value is -0.650. The molecule has 0 aromatic carbocycles. The highest BCUT2D eigenvalue weighted by Gasteiger charge is 2.34. The lowest BCUT2D eigenvalue weighted by Crippen LogP contribution is -2.42. The third kappa shape index (κ3) is 3.27. The number of hydrogen-bond donors (Lipinski definition) is 1. The van der Waals surface area contributed by atoms with Crippen molar-refractivity contribution in [3.63, 3.8) is 0 Å². The van der Waals surface area contributed by atoms with Crippen LogP contribution >= 0.6 is 11.3 Å². The van der Waals surface area contributed by atoms with Crippen LogP contribution in [0.25, 0.3) is 0 Å². The van der Waals surface area contributed by atoms with E-state index in [0.717, 1.165) is 24.8 Å². The van der Waals surface area contributed by atoms with Crippen molar-refractivity contribution < 1.29 is 4.74 Å². The van der Waals surface area contributed by atoms with Crippen LogP contribution in [-0.4, -0.2) is 35.8 Å². The summed E-state index contributed by atoms with van der Waals surface area (Å²) >= 11 is 1.81. The maximum absolute atomic E-state index is 5.87. The fraction of sp³-hybridized carbons (Fsp3) is 0.786. The van der Waals surface area contributed by atoms with Gasteiger partial charge in [0.1, 0.15) is 0 Å². The summed E-state index contributed by atoms with van der Waals surface area (Å²) in [4.78, 5) is 8.30. The molecule has 3 rings (SSSR count). The maximum atomic E-state index is 5.87. The molecule has 2 fully saturated rings. The van der Waals surface area contributed by atoms with Gasteiger partial charge in [-0.3, -0.25) is 0 Å². The van der Waals surface area contributed by atoms with Gasteiger partial charge in [-0.25, -0.2) is 4.98 Å². The SMILES string of the molecule is CC(C)(C)NCc1cnc(N2CC3CCC(C2)O3)s1. The molecule has 0 saturated carbocycles. The summed E-state index contributed by atoms with van der Waals surface area (Å²) in [5, 5.41) is 4.67. The molecule has 2 aliphatic rings. The number of nitrogens with one attached hydrogen (secondary N) is 1. The highest BCUT2D eigenvalue weighted by Crippen LogP contribution is 2.31. The summed E-state index contributed by atoms with van der Waals surface area (Å²) in [6, 6.07) is 0. The molecule has 2 bridgehead atoms. The Labute approximate surface area is 119 Å². The fourth-order valence-electron chi connectivity index (χ4n) is 2.65. The zero-order chi connectivity index (χ0) is 13.5. The van der Waals surface area contributed by atoms with Gasteiger partial charge in [0.2, 0.25) is 0 Å². The summed E-state index contributed by atoms with van der Waals surface area (Å²) in [6.07, 6.45) is 5.30. The molecule has 0 radical (unpaired) electrons. The Kier molecular flexibility index (Phi) is 3.53. The van der Waals surface area contributed by atoms with E-state index in [9.17, 15) is 0 Å². The first kappa shape index (κ1) is 13.3. The largest absolute Gasteiger partial charge is 0.371 e. The second-order valence-corrected chi connectivity index (χ2v) is 7.67. The van der Waals surface area contributed by atoms with Gasteiger partial charge in [-0.1, -0.05) is 0 Å². The predicted molar refractivity (Wildman–Crippen MR) is 78.8 cm³/mol. The zero-order valence-electron chi connectivity index (χ0n) is 12.0. The van der Waals surface area contributed by atoms with E-state index >= 15 is 0 Å². The number of hydrogen-bond acceptors (Lipinski definition) is 5. The lowest BCUT2D eigenvalue weighted by Gasteiger charge is -2.31. The highest BCUT2D eigenvalue weighted by molar-refractivity contribution is 7.15. The van der Waals surface area contributed by atoms with E-state index in [2.05, 4.69) is 36.0 Å². The molecule has 0 spiro atoms. The molecule has 0 aliphatic carbocycles. The fourth-order valence-corrected chi connectivity index (χ4v) is 3.52. The van der Waals surface area contributed by atoms with Gasteiger partial charge in [0.25, 0.3) is 0 Å². The lowest BCUT2D eigenvalue weighted by atomic mass is 10.1. The van der Waals surface area contributed by atoms with Crippen molar-refractivity contribution in [2.24, 2.45) is 0 Å². The van der Waals surface area contributed by atoms with E-state index in [1.807, 2.05) is 17.5 Å². The van der Waals surface area contributed by atoms with Crippen molar-refractivity contribution in [2.45, 2.75) is 57.9 Å². The van der Waals surface area contributed by atoms with Gasteiger partial charge in [0, 0.05) is 36.2 Å². The number of thiazole rings is 1. The van der Waals surface area contributed by atoms with E-state index in [-0.39, 0.29) is 5.54 Å². The highest BCUT2D eigenvalue weighted by atomic mass is 32.1. The first-order valence-electron chi connectivity index (χ1n) is 7.10. The van der Waals surface area contributed by atoms with Crippen LogP contribution in [0, 0.1) is 0 Å². The Morgan fingerprint density at radius 3 is 2.68 bits per heavy atom. The third-order valence-electron chi connectivity index (χ3n) is 3.65. The van der Waals surface area contributed by atoms with Crippen molar-refractivity contribution in [2.75, 3.05) is 18.0 Å². The zero-order valence-corrected chi connectivity index (χ0v) is 12.8. The van der Waals surface area contributed by atoms with Crippen molar-refractivity contribution in [1.29, 1.82) is 0 Å². The maximum Gasteiger partial charge on any atom is 0.185 e. The first-order chi connectivity index (χ1) is 8.99. The molecule has 4 nitrogen and oxygen atoms in total. The predicted octanol–water partition coefficient (Wildman–Crippen LogP) is 2.40. The number of rotatable bonds is 3. The monoisotopic (exact) mass is 281 g/mol. The van der Waals surface area contributed by atoms with E-state index in [1.165, 1.54) is 17.7 Å². The molecule has 2 aliphatic heterocycles. The molecular weight excluding hydrogens is 258 g/mol. The molecule has 2 unspecified atom stereocenters. The van der Waals surface area contributed by atoms with Crippen LogP contribution in [0.2, 0.25) is 0 Å². The second kappa shape index (κ2) is 5.04. The standard InChI is InChI=1S/C14H23N3OS/c1-14(2,3)16-7-12-6-15-13(19-12)17-8-10-4-5-11(9-17)18-10/h6,10-11,16H,4-5,7-9H2,1-3H3. The minimum atomic E-state index is 0.155. The minimum absolute atomic E-state index is 0.155. The Bertz CT molecular complexity index is 428. The average molecular weight is 281 g/mol. The number of anilines is 1. The van der Waals surface area contributed by atoms with Gasteiger partial charge < -0.3 is 15.0 Å². The molecule has 2 saturated heterocycles. The van der Waals surface area contributed by atoms with Crippen LogP contribution < -0.4 is 10.2 Å². The molecule has 1 aromatic rings. The van der Waals surface area contributed by atoms with Crippen LogP contribution in [0.5, 0.6) is 0 Å². The normalized spacial score (nSPS) is 27.0. The van der Waals surface area contributed by atoms with Crippen molar-refractivity contribution in [1.82, 2.24) is 10.3 Å². The average Bonchev–Trinajstić information content (AvgIpc) is 2.93. The van der Waals surface area contributed by atoms with E-state index in [0.29, 0.717) is 12.2 Å². The number of morpholine rings is 1. The Morgan fingerprint density at radius 2 is 2.05 bits per heavy atom. The number of nitrogens with zero attached hydrogens (tertiary/aromatic N) is 2. The molecule has 1 N–H and O–H groups in total. The van der Waals surface area contributed by atoms with Crippen molar-refractivity contribution in [3.05, 3.63) is 11.1 Å². The van der Waals surface area contributed by atoms with Gasteiger partial charge in [0.05, 0.1) is 12.2 Å². The molecule has 2 atom stereocenters. The van der Waals surface area contributed by atoms with Gasteiger partial charge in [-0.05, 0) is 33.6 Å². The number of aromatic nitrogens is 1. The van der Waals surface area contributed by atoms with Crippen LogP contribution in [0.1, 0.15) is 38.5 Å². The Balaban J connectivity index is 1.61. The summed E-state index contributed by atoms with van der Waals surface area (Å²) in [5.74, 6) is 0. The van der Waals surface area contributed by atoms with E-state index in [4.69, 9.17) is 4.74 Å².